The van der Waals surface area contributed by atoms with Crippen molar-refractivity contribution < 1.29 is 9.59 Å². The number of benzene rings is 2. The van der Waals surface area contributed by atoms with Crippen LogP contribution in [0.2, 0.25) is 0 Å². The Bertz CT molecular complexity index is 684. The minimum Gasteiger partial charge on any atom is -0.289 e. The van der Waals surface area contributed by atoms with E-state index in [2.05, 4.69) is 0 Å². The number of carbonyl (C=O) groups is 2. The lowest BCUT2D eigenvalue weighted by Crippen LogP contribution is -2.22. The van der Waals surface area contributed by atoms with E-state index in [9.17, 15) is 9.59 Å². The molecule has 1 aliphatic carbocycles. The van der Waals surface area contributed by atoms with E-state index in [1.165, 1.54) is 0 Å². The number of hydrogen-bond donors (Lipinski definition) is 0. The van der Waals surface area contributed by atoms with Crippen molar-refractivity contribution in [3.63, 3.8) is 0 Å². The molecule has 0 saturated carbocycles. The molecule has 0 N–H and O–H groups in total. The second-order valence-electron chi connectivity index (χ2n) is 4.17. The highest BCUT2D eigenvalue weighted by molar-refractivity contribution is 8.21. The van der Waals surface area contributed by atoms with Crippen LogP contribution in [0.1, 0.15) is 31.8 Å². The zero-order chi connectivity index (χ0) is 14.3. The van der Waals surface area contributed by atoms with Crippen LogP contribution in [0.3, 0.4) is 0 Å². The van der Waals surface area contributed by atoms with E-state index in [1.807, 2.05) is 0 Å². The second kappa shape index (κ2) is 5.45. The standard InChI is InChI=1S/C14H6Cl2O2S2/c15-19-9-5-1-3-7-11(9)14(18)12-8(13(7)17)4-2-6-10(12)20-16/h1-6H. The van der Waals surface area contributed by atoms with E-state index in [-0.39, 0.29) is 11.6 Å². The van der Waals surface area contributed by atoms with Crippen LogP contribution in [0.4, 0.5) is 0 Å². The highest BCUT2D eigenvalue weighted by Crippen LogP contribution is 2.39. The number of rotatable bonds is 2. The van der Waals surface area contributed by atoms with E-state index in [0.717, 1.165) is 22.0 Å². The van der Waals surface area contributed by atoms with Gasteiger partial charge in [0.25, 0.3) is 0 Å². The Morgan fingerprint density at radius 3 is 1.55 bits per heavy atom. The number of carbonyl (C=O) groups excluding carboxylic acids is 2. The van der Waals surface area contributed by atoms with Gasteiger partial charge in [0, 0.05) is 32.0 Å². The number of hydrogen-bond acceptors (Lipinski definition) is 4. The Hall–Kier alpha value is -0.940. The molecule has 0 atom stereocenters. The smallest absolute Gasteiger partial charge is 0.196 e. The molecule has 20 heavy (non-hydrogen) atoms. The summed E-state index contributed by atoms with van der Waals surface area (Å²) < 4.78 is 0. The lowest BCUT2D eigenvalue weighted by atomic mass is 9.84. The Labute approximate surface area is 132 Å². The van der Waals surface area contributed by atoms with Gasteiger partial charge in [-0.25, -0.2) is 0 Å². The minimum absolute atomic E-state index is 0.172. The average molecular weight is 341 g/mol. The van der Waals surface area contributed by atoms with Gasteiger partial charge in [0.2, 0.25) is 0 Å². The zero-order valence-corrected chi connectivity index (χ0v) is 13.0. The van der Waals surface area contributed by atoms with Crippen molar-refractivity contribution in [1.82, 2.24) is 0 Å². The predicted octanol–water partition coefficient (Wildman–Crippen LogP) is 4.95. The Kier molecular flexibility index (Phi) is 3.82. The fraction of sp³-hybridized carbons (Fsp3) is 0. The predicted molar refractivity (Wildman–Crippen MR) is 83.2 cm³/mol. The van der Waals surface area contributed by atoms with Crippen molar-refractivity contribution in [2.75, 3.05) is 0 Å². The van der Waals surface area contributed by atoms with Crippen LogP contribution in [0.15, 0.2) is 46.2 Å². The molecule has 1 aliphatic rings. The maximum absolute atomic E-state index is 12.7. The lowest BCUT2D eigenvalue weighted by molar-refractivity contribution is 0.0974. The molecule has 0 spiro atoms. The van der Waals surface area contributed by atoms with Gasteiger partial charge in [-0.2, -0.15) is 0 Å². The van der Waals surface area contributed by atoms with Gasteiger partial charge in [-0.05, 0) is 55.4 Å². The zero-order valence-electron chi connectivity index (χ0n) is 9.85. The van der Waals surface area contributed by atoms with Gasteiger partial charge in [0.15, 0.2) is 11.6 Å². The summed E-state index contributed by atoms with van der Waals surface area (Å²) in [5.74, 6) is -0.378. The summed E-state index contributed by atoms with van der Waals surface area (Å²) in [6, 6.07) is 10.2. The van der Waals surface area contributed by atoms with E-state index >= 15 is 0 Å². The molecule has 2 aromatic carbocycles. The van der Waals surface area contributed by atoms with Crippen molar-refractivity contribution in [3.05, 3.63) is 58.7 Å². The largest absolute Gasteiger partial charge is 0.289 e. The Morgan fingerprint density at radius 2 is 1.15 bits per heavy atom. The molecular formula is C14H6Cl2O2S2. The van der Waals surface area contributed by atoms with E-state index in [4.69, 9.17) is 21.4 Å². The molecule has 0 saturated heterocycles. The average Bonchev–Trinajstić information content (AvgIpc) is 2.50. The third-order valence-electron chi connectivity index (χ3n) is 3.16. The molecule has 0 heterocycles. The first-order valence-electron chi connectivity index (χ1n) is 5.61. The van der Waals surface area contributed by atoms with Crippen LogP contribution in [0.5, 0.6) is 0 Å². The van der Waals surface area contributed by atoms with Gasteiger partial charge >= 0.3 is 0 Å². The van der Waals surface area contributed by atoms with E-state index < -0.39 is 0 Å². The first-order valence-corrected chi connectivity index (χ1v) is 8.90. The van der Waals surface area contributed by atoms with E-state index in [0.29, 0.717) is 32.0 Å². The molecule has 0 aromatic heterocycles. The fourth-order valence-electron chi connectivity index (χ4n) is 2.31. The second-order valence-corrected chi connectivity index (χ2v) is 6.28. The summed E-state index contributed by atoms with van der Waals surface area (Å²) in [5, 5.41) is 0. The molecule has 100 valence electrons. The van der Waals surface area contributed by atoms with Crippen LogP contribution in [0.25, 0.3) is 0 Å². The van der Waals surface area contributed by atoms with Crippen molar-refractivity contribution in [2.45, 2.75) is 9.79 Å². The summed E-state index contributed by atoms with van der Waals surface area (Å²) >= 11 is 0. The van der Waals surface area contributed by atoms with Crippen LogP contribution in [-0.2, 0) is 0 Å². The monoisotopic (exact) mass is 340 g/mol. The van der Waals surface area contributed by atoms with Crippen LogP contribution in [0, 0.1) is 0 Å². The first kappa shape index (κ1) is 14.0. The Morgan fingerprint density at radius 1 is 0.700 bits per heavy atom. The molecule has 6 heteroatoms. The van der Waals surface area contributed by atoms with Crippen molar-refractivity contribution >= 4 is 54.9 Å². The van der Waals surface area contributed by atoms with Crippen LogP contribution in [-0.4, -0.2) is 11.6 Å². The molecule has 0 unspecified atom stereocenters. The lowest BCUT2D eigenvalue weighted by Gasteiger charge is -2.20. The number of halogens is 2. The van der Waals surface area contributed by atoms with Gasteiger partial charge in [-0.1, -0.05) is 24.3 Å². The van der Waals surface area contributed by atoms with Gasteiger partial charge < -0.3 is 0 Å². The summed E-state index contributed by atoms with van der Waals surface area (Å²) in [6.07, 6.45) is 0. The van der Waals surface area contributed by atoms with E-state index in [1.54, 1.807) is 36.4 Å². The van der Waals surface area contributed by atoms with Gasteiger partial charge in [-0.15, -0.1) is 0 Å². The quantitative estimate of drug-likeness (QED) is 0.660. The molecule has 2 nitrogen and oxygen atoms in total. The maximum Gasteiger partial charge on any atom is 0.196 e. The normalized spacial score (nSPS) is 13.1. The van der Waals surface area contributed by atoms with Gasteiger partial charge in [-0.3, -0.25) is 9.59 Å². The number of fused-ring (bicyclic) bond motifs is 2. The summed E-state index contributed by atoms with van der Waals surface area (Å²) in [4.78, 5) is 26.4. The topological polar surface area (TPSA) is 34.1 Å². The molecule has 2 aromatic rings. The van der Waals surface area contributed by atoms with Crippen LogP contribution >= 0.6 is 43.3 Å². The van der Waals surface area contributed by atoms with Crippen LogP contribution < -0.4 is 0 Å². The molecule has 0 amide bonds. The highest BCUT2D eigenvalue weighted by Gasteiger charge is 2.33. The minimum atomic E-state index is -0.206. The van der Waals surface area contributed by atoms with Crippen molar-refractivity contribution in [2.24, 2.45) is 0 Å². The number of ketones is 2. The molecule has 3 rings (SSSR count). The molecule has 0 fully saturated rings. The third kappa shape index (κ3) is 1.99. The summed E-state index contributed by atoms with van der Waals surface area (Å²) in [5.41, 5.74) is 1.51. The van der Waals surface area contributed by atoms with Gasteiger partial charge in [0.05, 0.1) is 0 Å². The Balaban J connectivity index is 2.34. The van der Waals surface area contributed by atoms with Crippen molar-refractivity contribution in [1.29, 1.82) is 0 Å². The SMILES string of the molecule is O=C1c2cccc(SCl)c2C(=O)c2c(SCl)cccc21. The third-order valence-corrected chi connectivity index (χ3v) is 5.17. The molecule has 0 radical (unpaired) electrons. The molecule has 0 bridgehead atoms. The van der Waals surface area contributed by atoms with Crippen molar-refractivity contribution in [3.8, 4) is 0 Å². The fourth-order valence-corrected chi connectivity index (χ4v) is 3.90. The summed E-state index contributed by atoms with van der Waals surface area (Å²) in [7, 11) is 13.5. The van der Waals surface area contributed by atoms with Gasteiger partial charge in [0.1, 0.15) is 0 Å². The molecule has 0 aliphatic heterocycles. The first-order chi connectivity index (χ1) is 9.69. The maximum atomic E-state index is 12.7. The molecular weight excluding hydrogens is 335 g/mol. The summed E-state index contributed by atoms with van der Waals surface area (Å²) in [6.45, 7) is 0. The highest BCUT2D eigenvalue weighted by atomic mass is 35.7.